The maximum absolute atomic E-state index is 12.0. The van der Waals surface area contributed by atoms with E-state index in [4.69, 9.17) is 23.7 Å². The molecule has 0 aromatic rings. The lowest BCUT2D eigenvalue weighted by atomic mass is 10.0. The third kappa shape index (κ3) is 8.26. The Kier molecular flexibility index (Phi) is 11.0. The molecule has 1 aliphatic heterocycles. The number of rotatable bonds is 11. The van der Waals surface area contributed by atoms with Crippen LogP contribution in [-0.2, 0) is 38.1 Å². The molecule has 0 aromatic heterocycles. The Morgan fingerprint density at radius 2 is 1.44 bits per heavy atom. The third-order valence-electron chi connectivity index (χ3n) is 4.03. The summed E-state index contributed by atoms with van der Waals surface area (Å²) in [7, 11) is 1.42. The Labute approximate surface area is 160 Å². The summed E-state index contributed by atoms with van der Waals surface area (Å²) in [4.78, 5) is 35.5. The van der Waals surface area contributed by atoms with Gasteiger partial charge in [-0.05, 0) is 19.3 Å². The summed E-state index contributed by atoms with van der Waals surface area (Å²) < 4.78 is 27.3. The average Bonchev–Trinajstić information content (AvgIpc) is 2.62. The monoisotopic (exact) mass is 388 g/mol. The van der Waals surface area contributed by atoms with Gasteiger partial charge in [-0.2, -0.15) is 0 Å². The molecule has 0 unspecified atom stereocenters. The highest BCUT2D eigenvalue weighted by Crippen LogP contribution is 2.27. The molecule has 0 radical (unpaired) electrons. The molecule has 0 bridgehead atoms. The second kappa shape index (κ2) is 12.7. The standard InChI is InChI=1S/C19H32O8/c1-5-8-15(20)24-12-13-11-14(26-16(21)9-6-2)18(19(23-4)25-13)27-17(22)10-7-3/h13-14,18-19H,5-12H2,1-4H3/t13-,14-,18-,19-/m0/s1. The first kappa shape index (κ1) is 23.4. The first-order chi connectivity index (χ1) is 12.9. The van der Waals surface area contributed by atoms with Gasteiger partial charge >= 0.3 is 17.9 Å². The van der Waals surface area contributed by atoms with Crippen LogP contribution >= 0.6 is 0 Å². The molecule has 0 spiro atoms. The molecule has 1 aliphatic rings. The summed E-state index contributed by atoms with van der Waals surface area (Å²) in [6.45, 7) is 5.65. The van der Waals surface area contributed by atoms with Crippen molar-refractivity contribution < 1.29 is 38.1 Å². The largest absolute Gasteiger partial charge is 0.463 e. The van der Waals surface area contributed by atoms with Crippen LogP contribution in [0.4, 0.5) is 0 Å². The molecule has 27 heavy (non-hydrogen) atoms. The average molecular weight is 388 g/mol. The minimum Gasteiger partial charge on any atom is -0.463 e. The minimum atomic E-state index is -0.908. The number of methoxy groups -OCH3 is 1. The van der Waals surface area contributed by atoms with Gasteiger partial charge in [0, 0.05) is 32.8 Å². The van der Waals surface area contributed by atoms with E-state index in [0.29, 0.717) is 25.7 Å². The van der Waals surface area contributed by atoms with Crippen molar-refractivity contribution in [3.05, 3.63) is 0 Å². The Morgan fingerprint density at radius 1 is 0.889 bits per heavy atom. The molecule has 1 fully saturated rings. The molecule has 8 heteroatoms. The molecule has 156 valence electrons. The first-order valence-corrected chi connectivity index (χ1v) is 9.67. The molecule has 0 saturated carbocycles. The predicted octanol–water partition coefficient (Wildman–Crippen LogP) is 2.51. The second-order valence-electron chi connectivity index (χ2n) is 6.51. The Balaban J connectivity index is 2.82. The van der Waals surface area contributed by atoms with Crippen LogP contribution in [0.3, 0.4) is 0 Å². The number of hydrogen-bond donors (Lipinski definition) is 0. The van der Waals surface area contributed by atoms with Crippen molar-refractivity contribution in [2.24, 2.45) is 0 Å². The van der Waals surface area contributed by atoms with E-state index in [1.165, 1.54) is 7.11 Å². The number of hydrogen-bond acceptors (Lipinski definition) is 8. The van der Waals surface area contributed by atoms with Gasteiger partial charge in [0.2, 0.25) is 0 Å². The lowest BCUT2D eigenvalue weighted by Crippen LogP contribution is -2.53. The van der Waals surface area contributed by atoms with Gasteiger partial charge in [0.25, 0.3) is 0 Å². The van der Waals surface area contributed by atoms with Crippen LogP contribution in [0.25, 0.3) is 0 Å². The van der Waals surface area contributed by atoms with Crippen molar-refractivity contribution in [1.29, 1.82) is 0 Å². The molecule has 4 atom stereocenters. The molecule has 1 saturated heterocycles. The zero-order chi connectivity index (χ0) is 20.2. The van der Waals surface area contributed by atoms with Gasteiger partial charge in [-0.3, -0.25) is 14.4 Å². The van der Waals surface area contributed by atoms with Crippen LogP contribution < -0.4 is 0 Å². The van der Waals surface area contributed by atoms with Gasteiger partial charge in [-0.25, -0.2) is 0 Å². The smallest absolute Gasteiger partial charge is 0.306 e. The van der Waals surface area contributed by atoms with Crippen LogP contribution in [-0.4, -0.2) is 56.2 Å². The van der Waals surface area contributed by atoms with Crippen molar-refractivity contribution in [2.45, 2.75) is 90.3 Å². The van der Waals surface area contributed by atoms with Gasteiger partial charge in [0.1, 0.15) is 12.7 Å². The quantitative estimate of drug-likeness (QED) is 0.393. The van der Waals surface area contributed by atoms with E-state index in [2.05, 4.69) is 0 Å². The van der Waals surface area contributed by atoms with Gasteiger partial charge < -0.3 is 23.7 Å². The van der Waals surface area contributed by atoms with E-state index >= 15 is 0 Å². The summed E-state index contributed by atoms with van der Waals surface area (Å²) in [6, 6.07) is 0. The predicted molar refractivity (Wildman–Crippen MR) is 95.7 cm³/mol. The van der Waals surface area contributed by atoms with Gasteiger partial charge in [-0.15, -0.1) is 0 Å². The fourth-order valence-corrected chi connectivity index (χ4v) is 2.74. The van der Waals surface area contributed by atoms with E-state index < -0.39 is 30.6 Å². The molecular formula is C19H32O8. The van der Waals surface area contributed by atoms with Crippen LogP contribution in [0.5, 0.6) is 0 Å². The zero-order valence-corrected chi connectivity index (χ0v) is 16.7. The van der Waals surface area contributed by atoms with Gasteiger partial charge in [0.15, 0.2) is 12.4 Å². The normalized spacial score (nSPS) is 24.9. The van der Waals surface area contributed by atoms with Crippen LogP contribution in [0.2, 0.25) is 0 Å². The molecule has 0 amide bonds. The van der Waals surface area contributed by atoms with Crippen LogP contribution in [0.15, 0.2) is 0 Å². The maximum atomic E-state index is 12.0. The van der Waals surface area contributed by atoms with Crippen molar-refractivity contribution in [2.75, 3.05) is 13.7 Å². The Bertz CT molecular complexity index is 478. The first-order valence-electron chi connectivity index (χ1n) is 9.67. The fourth-order valence-electron chi connectivity index (χ4n) is 2.74. The Hall–Kier alpha value is -1.67. The van der Waals surface area contributed by atoms with Crippen LogP contribution in [0, 0.1) is 0 Å². The fraction of sp³-hybridized carbons (Fsp3) is 0.842. The number of carbonyl (C=O) groups is 3. The maximum Gasteiger partial charge on any atom is 0.306 e. The molecule has 0 aromatic carbocycles. The lowest BCUT2D eigenvalue weighted by molar-refractivity contribution is -0.273. The molecule has 0 N–H and O–H groups in total. The van der Waals surface area contributed by atoms with Crippen molar-refractivity contribution in [1.82, 2.24) is 0 Å². The third-order valence-corrected chi connectivity index (χ3v) is 4.03. The second-order valence-corrected chi connectivity index (χ2v) is 6.51. The SMILES string of the molecule is CCCC(=O)OC[C@@H]1C[C@H](OC(=O)CCC)[C@H](OC(=O)CCC)[C@@H](OC)O1. The van der Waals surface area contributed by atoms with E-state index in [9.17, 15) is 14.4 Å². The van der Waals surface area contributed by atoms with Crippen molar-refractivity contribution in [3.8, 4) is 0 Å². The van der Waals surface area contributed by atoms with Crippen LogP contribution in [0.1, 0.15) is 65.7 Å². The van der Waals surface area contributed by atoms with E-state index in [0.717, 1.165) is 0 Å². The Morgan fingerprint density at radius 3 is 2.00 bits per heavy atom. The number of carbonyl (C=O) groups excluding carboxylic acids is 3. The van der Waals surface area contributed by atoms with Crippen molar-refractivity contribution in [3.63, 3.8) is 0 Å². The summed E-state index contributed by atoms with van der Waals surface area (Å²) in [5.41, 5.74) is 0. The number of esters is 3. The lowest BCUT2D eigenvalue weighted by Gasteiger charge is -2.39. The summed E-state index contributed by atoms with van der Waals surface area (Å²) >= 11 is 0. The molecule has 0 aliphatic carbocycles. The highest BCUT2D eigenvalue weighted by atomic mass is 16.7. The minimum absolute atomic E-state index is 0.0240. The topological polar surface area (TPSA) is 97.4 Å². The molecular weight excluding hydrogens is 356 g/mol. The van der Waals surface area contributed by atoms with Gasteiger partial charge in [-0.1, -0.05) is 20.8 Å². The highest BCUT2D eigenvalue weighted by Gasteiger charge is 2.44. The molecule has 1 rings (SSSR count). The molecule has 8 nitrogen and oxygen atoms in total. The summed E-state index contributed by atoms with van der Waals surface area (Å²) in [5, 5.41) is 0. The summed E-state index contributed by atoms with van der Waals surface area (Å²) in [5.74, 6) is -1.10. The van der Waals surface area contributed by atoms with E-state index in [-0.39, 0.29) is 37.8 Å². The highest BCUT2D eigenvalue weighted by molar-refractivity contribution is 5.70. The van der Waals surface area contributed by atoms with Crippen molar-refractivity contribution >= 4 is 17.9 Å². The molecule has 1 heterocycles. The van der Waals surface area contributed by atoms with Gasteiger partial charge in [0.05, 0.1) is 6.10 Å². The number of ether oxygens (including phenoxy) is 5. The zero-order valence-electron chi connectivity index (χ0n) is 16.7. The van der Waals surface area contributed by atoms with E-state index in [1.807, 2.05) is 20.8 Å². The van der Waals surface area contributed by atoms with E-state index in [1.54, 1.807) is 0 Å². The summed E-state index contributed by atoms with van der Waals surface area (Å²) in [6.07, 6.45) is 0.0556.